The molecule has 174 valence electrons. The van der Waals surface area contributed by atoms with Gasteiger partial charge in [-0.2, -0.15) is 0 Å². The molecule has 2 unspecified atom stereocenters. The molecule has 0 saturated carbocycles. The average molecular weight is 470 g/mol. The first-order valence-corrected chi connectivity index (χ1v) is 11.6. The number of hydrogen-bond acceptors (Lipinski definition) is 5. The predicted octanol–water partition coefficient (Wildman–Crippen LogP) is 5.24. The van der Waals surface area contributed by atoms with Gasteiger partial charge in [0.05, 0.1) is 17.7 Å². The van der Waals surface area contributed by atoms with Crippen LogP contribution in [-0.4, -0.2) is 29.5 Å². The molecule has 0 aromatic heterocycles. The Labute approximate surface area is 198 Å². The molecule has 2 aromatic carbocycles. The molecule has 2 N–H and O–H groups in total. The first kappa shape index (κ1) is 23.2. The summed E-state index contributed by atoms with van der Waals surface area (Å²) >= 11 is 6.23. The minimum atomic E-state index is -0.429. The van der Waals surface area contributed by atoms with E-state index in [1.54, 1.807) is 19.1 Å². The van der Waals surface area contributed by atoms with Crippen molar-refractivity contribution in [3.8, 4) is 17.2 Å². The number of Topliss-reactive ketones (excluding diaryl/α,β-unsaturated/α-hetero) is 1. The highest BCUT2D eigenvalue weighted by Crippen LogP contribution is 2.45. The van der Waals surface area contributed by atoms with Crippen molar-refractivity contribution in [3.63, 3.8) is 0 Å². The van der Waals surface area contributed by atoms with Crippen molar-refractivity contribution in [2.75, 3.05) is 6.61 Å². The third-order valence-corrected chi connectivity index (χ3v) is 6.30. The van der Waals surface area contributed by atoms with Crippen molar-refractivity contribution in [3.05, 3.63) is 63.8 Å². The quantitative estimate of drug-likeness (QED) is 0.604. The maximum absolute atomic E-state index is 13.3. The lowest BCUT2D eigenvalue weighted by atomic mass is 9.73. The largest absolute Gasteiger partial charge is 0.503 e. The van der Waals surface area contributed by atoms with Gasteiger partial charge in [0.15, 0.2) is 17.3 Å². The number of ether oxygens (including phenoxy) is 2. The Morgan fingerprint density at radius 1 is 1.09 bits per heavy atom. The number of amides is 1. The van der Waals surface area contributed by atoms with Crippen molar-refractivity contribution in [1.82, 2.24) is 5.32 Å². The fraction of sp³-hybridized carbons (Fsp3) is 0.385. The van der Waals surface area contributed by atoms with E-state index in [9.17, 15) is 14.7 Å². The summed E-state index contributed by atoms with van der Waals surface area (Å²) in [4.78, 5) is 25.9. The van der Waals surface area contributed by atoms with Gasteiger partial charge in [0.25, 0.3) is 0 Å². The monoisotopic (exact) mass is 469 g/mol. The molecule has 0 fully saturated rings. The molecule has 0 radical (unpaired) electrons. The zero-order chi connectivity index (χ0) is 23.7. The number of carbonyl (C=O) groups is 2. The number of phenols is 1. The number of benzene rings is 2. The summed E-state index contributed by atoms with van der Waals surface area (Å²) in [5, 5.41) is 13.3. The lowest BCUT2D eigenvalue weighted by molar-refractivity contribution is -0.122. The molecule has 1 heterocycles. The van der Waals surface area contributed by atoms with E-state index in [0.717, 1.165) is 11.3 Å². The minimum Gasteiger partial charge on any atom is -0.503 e. The number of nitrogens with one attached hydrogen (secondary N) is 1. The van der Waals surface area contributed by atoms with E-state index < -0.39 is 5.92 Å². The standard InChI is InChI=1S/C26H28ClNO5/c1-4-32-23-12-17(9-20(27)26(23)31)19-13-24(30)28-21-10-16(11-22(29)25(19)21)15-5-7-18(8-6-15)33-14(2)3/h5-9,12,14,16,19,31H,4,10-11,13H2,1-3H3,(H,28,30). The number of hydrogen-bond donors (Lipinski definition) is 2. The number of phenolic OH excluding ortho intramolecular Hbond substituents is 1. The van der Waals surface area contributed by atoms with E-state index in [4.69, 9.17) is 21.1 Å². The third kappa shape index (κ3) is 4.86. The lowest BCUT2D eigenvalue weighted by Crippen LogP contribution is -2.38. The molecule has 4 rings (SSSR count). The zero-order valence-electron chi connectivity index (χ0n) is 19.0. The predicted molar refractivity (Wildman–Crippen MR) is 126 cm³/mol. The van der Waals surface area contributed by atoms with Gasteiger partial charge in [-0.3, -0.25) is 9.59 Å². The Balaban J connectivity index is 1.65. The molecule has 6 nitrogen and oxygen atoms in total. The van der Waals surface area contributed by atoms with Crippen LogP contribution in [0.25, 0.3) is 0 Å². The smallest absolute Gasteiger partial charge is 0.225 e. The van der Waals surface area contributed by atoms with Crippen molar-refractivity contribution >= 4 is 23.3 Å². The van der Waals surface area contributed by atoms with Crippen LogP contribution in [0, 0.1) is 0 Å². The summed E-state index contributed by atoms with van der Waals surface area (Å²) in [6.45, 7) is 6.11. The Morgan fingerprint density at radius 3 is 2.48 bits per heavy atom. The van der Waals surface area contributed by atoms with E-state index in [1.165, 1.54) is 0 Å². The highest BCUT2D eigenvalue weighted by Gasteiger charge is 2.38. The molecule has 2 aromatic rings. The van der Waals surface area contributed by atoms with Gasteiger partial charge in [-0.1, -0.05) is 23.7 Å². The summed E-state index contributed by atoms with van der Waals surface area (Å²) in [7, 11) is 0. The van der Waals surface area contributed by atoms with Crippen LogP contribution >= 0.6 is 11.6 Å². The van der Waals surface area contributed by atoms with Gasteiger partial charge in [0.2, 0.25) is 5.91 Å². The van der Waals surface area contributed by atoms with Crippen LogP contribution < -0.4 is 14.8 Å². The van der Waals surface area contributed by atoms with E-state index in [0.29, 0.717) is 36.3 Å². The van der Waals surface area contributed by atoms with Crippen molar-refractivity contribution in [2.45, 2.75) is 58.0 Å². The second-order valence-corrected chi connectivity index (χ2v) is 9.15. The minimum absolute atomic E-state index is 0.0101. The molecule has 33 heavy (non-hydrogen) atoms. The molecular formula is C26H28ClNO5. The first-order chi connectivity index (χ1) is 15.8. The molecule has 0 bridgehead atoms. The van der Waals surface area contributed by atoms with Gasteiger partial charge >= 0.3 is 0 Å². The molecule has 0 spiro atoms. The number of rotatable bonds is 6. The van der Waals surface area contributed by atoms with Gasteiger partial charge in [0.1, 0.15) is 5.75 Å². The highest BCUT2D eigenvalue weighted by molar-refractivity contribution is 6.32. The van der Waals surface area contributed by atoms with E-state index in [2.05, 4.69) is 5.32 Å². The van der Waals surface area contributed by atoms with Crippen LogP contribution in [0.2, 0.25) is 5.02 Å². The van der Waals surface area contributed by atoms with Crippen LogP contribution in [-0.2, 0) is 9.59 Å². The second-order valence-electron chi connectivity index (χ2n) is 8.74. The van der Waals surface area contributed by atoms with Crippen LogP contribution in [0.3, 0.4) is 0 Å². The molecule has 0 saturated heterocycles. The van der Waals surface area contributed by atoms with Gasteiger partial charge in [0, 0.05) is 30.0 Å². The first-order valence-electron chi connectivity index (χ1n) is 11.2. The summed E-state index contributed by atoms with van der Waals surface area (Å²) in [6, 6.07) is 11.1. The molecular weight excluding hydrogens is 442 g/mol. The van der Waals surface area contributed by atoms with Gasteiger partial charge < -0.3 is 19.9 Å². The number of allylic oxidation sites excluding steroid dienone is 2. The number of carbonyl (C=O) groups excluding carboxylic acids is 2. The van der Waals surface area contributed by atoms with Crippen molar-refractivity contribution in [2.24, 2.45) is 0 Å². The van der Waals surface area contributed by atoms with Crippen molar-refractivity contribution < 1.29 is 24.2 Å². The summed E-state index contributed by atoms with van der Waals surface area (Å²) in [5.41, 5.74) is 3.01. The maximum Gasteiger partial charge on any atom is 0.225 e. The zero-order valence-corrected chi connectivity index (χ0v) is 19.7. The Hall–Kier alpha value is -2.99. The van der Waals surface area contributed by atoms with Crippen molar-refractivity contribution in [1.29, 1.82) is 0 Å². The highest BCUT2D eigenvalue weighted by atomic mass is 35.5. The fourth-order valence-electron chi connectivity index (χ4n) is 4.63. The van der Waals surface area contributed by atoms with Crippen LogP contribution in [0.5, 0.6) is 17.2 Å². The molecule has 1 aliphatic heterocycles. The van der Waals surface area contributed by atoms with Crippen LogP contribution in [0.4, 0.5) is 0 Å². The Kier molecular flexibility index (Phi) is 6.66. The molecule has 1 aliphatic carbocycles. The SMILES string of the molecule is CCOc1cc(C2CC(=O)NC3=C2C(=O)CC(c2ccc(OC(C)C)cc2)C3)cc(Cl)c1O. The number of ketones is 1. The third-order valence-electron chi connectivity index (χ3n) is 6.01. The second kappa shape index (κ2) is 9.48. The Bertz CT molecular complexity index is 1110. The average Bonchev–Trinajstić information content (AvgIpc) is 2.76. The Morgan fingerprint density at radius 2 is 1.82 bits per heavy atom. The number of halogens is 1. The topological polar surface area (TPSA) is 84.9 Å². The molecule has 7 heteroatoms. The maximum atomic E-state index is 13.3. The van der Waals surface area contributed by atoms with E-state index in [1.807, 2.05) is 38.1 Å². The summed E-state index contributed by atoms with van der Waals surface area (Å²) in [5.74, 6) is 0.309. The summed E-state index contributed by atoms with van der Waals surface area (Å²) in [6.07, 6.45) is 1.16. The molecule has 2 aliphatic rings. The van der Waals surface area contributed by atoms with Gasteiger partial charge in [-0.05, 0) is 68.5 Å². The van der Waals surface area contributed by atoms with Gasteiger partial charge in [-0.15, -0.1) is 0 Å². The van der Waals surface area contributed by atoms with Crippen LogP contribution in [0.15, 0.2) is 47.7 Å². The molecule has 2 atom stereocenters. The van der Waals surface area contributed by atoms with Gasteiger partial charge in [-0.25, -0.2) is 0 Å². The van der Waals surface area contributed by atoms with E-state index in [-0.39, 0.29) is 46.7 Å². The fourth-order valence-corrected chi connectivity index (χ4v) is 4.85. The van der Waals surface area contributed by atoms with E-state index >= 15 is 0 Å². The number of aromatic hydroxyl groups is 1. The molecule has 1 amide bonds. The van der Waals surface area contributed by atoms with Crippen LogP contribution in [0.1, 0.15) is 63.0 Å². The summed E-state index contributed by atoms with van der Waals surface area (Å²) < 4.78 is 11.2. The lowest BCUT2D eigenvalue weighted by Gasteiger charge is -2.34. The normalized spacial score (nSPS) is 20.5.